The summed E-state index contributed by atoms with van der Waals surface area (Å²) in [6, 6.07) is 14.5. The Morgan fingerprint density at radius 1 is 1.17 bits per heavy atom. The van der Waals surface area contributed by atoms with Crippen LogP contribution in [0.25, 0.3) is 0 Å². The zero-order chi connectivity index (χ0) is 21.5. The van der Waals surface area contributed by atoms with Gasteiger partial charge in [0, 0.05) is 17.6 Å². The Hall–Kier alpha value is -2.53. The monoisotopic (exact) mass is 428 g/mol. The van der Waals surface area contributed by atoms with E-state index in [1.165, 1.54) is 0 Å². The van der Waals surface area contributed by atoms with Crippen molar-refractivity contribution in [1.82, 2.24) is 10.2 Å². The van der Waals surface area contributed by atoms with Gasteiger partial charge in [0.1, 0.15) is 11.8 Å². The number of carbonyl (C=O) groups is 2. The normalized spacial score (nSPS) is 14.9. The molecule has 6 heteroatoms. The van der Waals surface area contributed by atoms with Crippen LogP contribution in [0.2, 0.25) is 5.02 Å². The van der Waals surface area contributed by atoms with Crippen LogP contribution in [0.5, 0.6) is 5.75 Å². The van der Waals surface area contributed by atoms with E-state index < -0.39 is 6.04 Å². The first-order valence-electron chi connectivity index (χ1n) is 10.5. The van der Waals surface area contributed by atoms with Gasteiger partial charge in [0.25, 0.3) is 5.91 Å². The number of nitrogens with zero attached hydrogens (tertiary/aromatic N) is 1. The molecule has 1 fully saturated rings. The molecule has 2 amide bonds. The number of nitrogens with one attached hydrogen (secondary N) is 1. The molecule has 160 valence electrons. The SMILES string of the molecule is Cc1cccc(OCC(=O)N(Cc2ccc(Cl)cc2)[C@@H](C)C(=O)NC2CCCC2)c1. The standard InChI is InChI=1S/C24H29ClN2O3/c1-17-6-5-9-22(14-17)30-16-23(28)27(15-19-10-12-20(25)13-11-19)18(2)24(29)26-21-7-3-4-8-21/h5-6,9-14,18,21H,3-4,7-8,15-16H2,1-2H3,(H,26,29)/t18-/m0/s1. The lowest BCUT2D eigenvalue weighted by atomic mass is 10.1. The number of rotatable bonds is 8. The minimum absolute atomic E-state index is 0.125. The Balaban J connectivity index is 1.70. The van der Waals surface area contributed by atoms with Gasteiger partial charge in [-0.2, -0.15) is 0 Å². The maximum atomic E-state index is 13.1. The van der Waals surface area contributed by atoms with Gasteiger partial charge in [-0.1, -0.05) is 48.7 Å². The highest BCUT2D eigenvalue weighted by molar-refractivity contribution is 6.30. The average molecular weight is 429 g/mol. The van der Waals surface area contributed by atoms with Crippen molar-refractivity contribution in [3.05, 3.63) is 64.7 Å². The molecule has 2 aromatic rings. The third kappa shape index (κ3) is 6.23. The zero-order valence-electron chi connectivity index (χ0n) is 17.6. The average Bonchev–Trinajstić information content (AvgIpc) is 3.24. The summed E-state index contributed by atoms with van der Waals surface area (Å²) in [5, 5.41) is 3.73. The summed E-state index contributed by atoms with van der Waals surface area (Å²) in [5.74, 6) is 0.276. The van der Waals surface area contributed by atoms with Gasteiger partial charge in [0.2, 0.25) is 5.91 Å². The first-order valence-corrected chi connectivity index (χ1v) is 10.8. The van der Waals surface area contributed by atoms with Gasteiger partial charge < -0.3 is 15.0 Å². The highest BCUT2D eigenvalue weighted by Gasteiger charge is 2.28. The lowest BCUT2D eigenvalue weighted by Crippen LogP contribution is -2.50. The third-order valence-corrected chi connectivity index (χ3v) is 5.74. The van der Waals surface area contributed by atoms with Crippen LogP contribution in [-0.2, 0) is 16.1 Å². The van der Waals surface area contributed by atoms with Crippen molar-refractivity contribution in [2.45, 2.75) is 58.2 Å². The van der Waals surface area contributed by atoms with Gasteiger partial charge >= 0.3 is 0 Å². The molecule has 0 saturated heterocycles. The Morgan fingerprint density at radius 2 is 1.87 bits per heavy atom. The van der Waals surface area contributed by atoms with E-state index in [2.05, 4.69) is 5.32 Å². The van der Waals surface area contributed by atoms with Crippen molar-refractivity contribution in [2.24, 2.45) is 0 Å². The Labute approximate surface area is 183 Å². The summed E-state index contributed by atoms with van der Waals surface area (Å²) >= 11 is 5.98. The van der Waals surface area contributed by atoms with Gasteiger partial charge in [-0.25, -0.2) is 0 Å². The van der Waals surface area contributed by atoms with Gasteiger partial charge in [-0.3, -0.25) is 9.59 Å². The van der Waals surface area contributed by atoms with Crippen LogP contribution in [0.3, 0.4) is 0 Å². The van der Waals surface area contributed by atoms with E-state index in [-0.39, 0.29) is 24.5 Å². The summed E-state index contributed by atoms with van der Waals surface area (Å²) in [6.45, 7) is 3.92. The molecule has 3 rings (SSSR count). The predicted molar refractivity (Wildman–Crippen MR) is 119 cm³/mol. The van der Waals surface area contributed by atoms with Crippen molar-refractivity contribution in [3.8, 4) is 5.75 Å². The van der Waals surface area contributed by atoms with E-state index in [9.17, 15) is 9.59 Å². The van der Waals surface area contributed by atoms with E-state index in [1.807, 2.05) is 43.3 Å². The van der Waals surface area contributed by atoms with Gasteiger partial charge in [0.05, 0.1) is 0 Å². The fourth-order valence-corrected chi connectivity index (χ4v) is 3.82. The second-order valence-electron chi connectivity index (χ2n) is 7.92. The number of carbonyl (C=O) groups excluding carboxylic acids is 2. The fraction of sp³-hybridized carbons (Fsp3) is 0.417. The number of hydrogen-bond donors (Lipinski definition) is 1. The van der Waals surface area contributed by atoms with Gasteiger partial charge in [-0.15, -0.1) is 0 Å². The molecule has 1 aliphatic rings. The topological polar surface area (TPSA) is 58.6 Å². The first kappa shape index (κ1) is 22.2. The van der Waals surface area contributed by atoms with E-state index >= 15 is 0 Å². The molecular weight excluding hydrogens is 400 g/mol. The molecule has 1 saturated carbocycles. The number of halogens is 1. The largest absolute Gasteiger partial charge is 0.484 e. The van der Waals surface area contributed by atoms with Crippen molar-refractivity contribution >= 4 is 23.4 Å². The van der Waals surface area contributed by atoms with Gasteiger partial charge in [-0.05, 0) is 62.1 Å². The van der Waals surface area contributed by atoms with E-state index in [0.29, 0.717) is 17.3 Å². The Morgan fingerprint density at radius 3 is 2.53 bits per heavy atom. The summed E-state index contributed by atoms with van der Waals surface area (Å²) in [5.41, 5.74) is 1.96. The van der Waals surface area contributed by atoms with Gasteiger partial charge in [0.15, 0.2) is 6.61 Å². The van der Waals surface area contributed by atoms with Crippen LogP contribution in [-0.4, -0.2) is 35.4 Å². The maximum Gasteiger partial charge on any atom is 0.261 e. The molecule has 30 heavy (non-hydrogen) atoms. The number of hydrogen-bond acceptors (Lipinski definition) is 3. The van der Waals surface area contributed by atoms with Crippen LogP contribution < -0.4 is 10.1 Å². The Kier molecular flexibility index (Phi) is 7.75. The second-order valence-corrected chi connectivity index (χ2v) is 8.36. The van der Waals surface area contributed by atoms with Crippen LogP contribution in [0.15, 0.2) is 48.5 Å². The predicted octanol–water partition coefficient (Wildman–Crippen LogP) is 4.50. The molecule has 0 spiro atoms. The van der Waals surface area contributed by atoms with Crippen molar-refractivity contribution in [3.63, 3.8) is 0 Å². The highest BCUT2D eigenvalue weighted by Crippen LogP contribution is 2.19. The van der Waals surface area contributed by atoms with Crippen molar-refractivity contribution < 1.29 is 14.3 Å². The molecule has 2 aromatic carbocycles. The second kappa shape index (κ2) is 10.5. The molecule has 1 N–H and O–H groups in total. The summed E-state index contributed by atoms with van der Waals surface area (Å²) in [6.07, 6.45) is 4.27. The summed E-state index contributed by atoms with van der Waals surface area (Å²) in [7, 11) is 0. The lowest BCUT2D eigenvalue weighted by molar-refractivity contribution is -0.142. The molecule has 5 nitrogen and oxygen atoms in total. The molecule has 0 heterocycles. The first-order chi connectivity index (χ1) is 14.4. The molecule has 0 unspecified atom stereocenters. The molecule has 0 bridgehead atoms. The molecule has 0 radical (unpaired) electrons. The smallest absolute Gasteiger partial charge is 0.261 e. The van der Waals surface area contributed by atoms with Crippen LogP contribution >= 0.6 is 11.6 Å². The minimum atomic E-state index is -0.602. The highest BCUT2D eigenvalue weighted by atomic mass is 35.5. The summed E-state index contributed by atoms with van der Waals surface area (Å²) < 4.78 is 5.71. The summed E-state index contributed by atoms with van der Waals surface area (Å²) in [4.78, 5) is 27.5. The van der Waals surface area contributed by atoms with Crippen molar-refractivity contribution in [2.75, 3.05) is 6.61 Å². The molecule has 0 aromatic heterocycles. The quantitative estimate of drug-likeness (QED) is 0.673. The molecule has 0 aliphatic heterocycles. The third-order valence-electron chi connectivity index (χ3n) is 5.49. The maximum absolute atomic E-state index is 13.1. The van der Waals surface area contributed by atoms with Crippen LogP contribution in [0, 0.1) is 6.92 Å². The van der Waals surface area contributed by atoms with E-state index in [0.717, 1.165) is 36.8 Å². The Bertz CT molecular complexity index is 863. The number of aryl methyl sites for hydroxylation is 1. The minimum Gasteiger partial charge on any atom is -0.484 e. The molecule has 1 atom stereocenters. The van der Waals surface area contributed by atoms with Crippen molar-refractivity contribution in [1.29, 1.82) is 0 Å². The fourth-order valence-electron chi connectivity index (χ4n) is 3.69. The molecular formula is C24H29ClN2O3. The number of ether oxygens (including phenoxy) is 1. The number of amides is 2. The van der Waals surface area contributed by atoms with Crippen LogP contribution in [0.4, 0.5) is 0 Å². The van der Waals surface area contributed by atoms with E-state index in [1.54, 1.807) is 24.0 Å². The van der Waals surface area contributed by atoms with Crippen LogP contribution in [0.1, 0.15) is 43.7 Å². The van der Waals surface area contributed by atoms with E-state index in [4.69, 9.17) is 16.3 Å². The zero-order valence-corrected chi connectivity index (χ0v) is 18.3. The lowest BCUT2D eigenvalue weighted by Gasteiger charge is -2.29. The number of benzene rings is 2. The molecule has 1 aliphatic carbocycles.